The summed E-state index contributed by atoms with van der Waals surface area (Å²) in [5.74, 6) is 0. The van der Waals surface area contributed by atoms with E-state index >= 15 is 0 Å². The standard InChI is InChI=1S/C15H13N3O2/c1-10-13(6-12(9-16)8-15(10)17)5-11-3-2-4-14(7-11)18(19)20/h2-4,6-8H,5,17H2,1H3. The summed E-state index contributed by atoms with van der Waals surface area (Å²) in [5, 5.41) is 19.7. The molecule has 5 nitrogen and oxygen atoms in total. The first-order chi connectivity index (χ1) is 9.51. The SMILES string of the molecule is Cc1c(N)cc(C#N)cc1Cc1cccc([N+](=O)[O-])c1. The second kappa shape index (κ2) is 5.41. The minimum atomic E-state index is -0.420. The lowest BCUT2D eigenvalue weighted by Gasteiger charge is -2.09. The van der Waals surface area contributed by atoms with Gasteiger partial charge in [-0.25, -0.2) is 0 Å². The highest BCUT2D eigenvalue weighted by Crippen LogP contribution is 2.23. The molecule has 2 N–H and O–H groups in total. The number of nitrogens with zero attached hydrogens (tertiary/aromatic N) is 2. The molecule has 0 atom stereocenters. The molecule has 0 bridgehead atoms. The zero-order chi connectivity index (χ0) is 14.7. The first kappa shape index (κ1) is 13.6. The van der Waals surface area contributed by atoms with Gasteiger partial charge >= 0.3 is 0 Å². The first-order valence-electron chi connectivity index (χ1n) is 6.03. The molecule has 2 aromatic carbocycles. The molecule has 0 amide bonds. The van der Waals surface area contributed by atoms with Crippen LogP contribution in [-0.4, -0.2) is 4.92 Å². The molecule has 0 fully saturated rings. The average molecular weight is 267 g/mol. The lowest BCUT2D eigenvalue weighted by Crippen LogP contribution is -1.99. The van der Waals surface area contributed by atoms with Crippen LogP contribution in [-0.2, 0) is 6.42 Å². The van der Waals surface area contributed by atoms with Crippen molar-refractivity contribution in [1.29, 1.82) is 5.26 Å². The van der Waals surface area contributed by atoms with E-state index in [1.165, 1.54) is 12.1 Å². The number of non-ortho nitro benzene ring substituents is 1. The Balaban J connectivity index is 2.40. The molecule has 0 aliphatic rings. The summed E-state index contributed by atoms with van der Waals surface area (Å²) in [6, 6.07) is 11.9. The van der Waals surface area contributed by atoms with Crippen molar-refractivity contribution in [2.24, 2.45) is 0 Å². The van der Waals surface area contributed by atoms with E-state index in [4.69, 9.17) is 11.0 Å². The summed E-state index contributed by atoms with van der Waals surface area (Å²) in [7, 11) is 0. The van der Waals surface area contributed by atoms with Gasteiger partial charge in [-0.15, -0.1) is 0 Å². The van der Waals surface area contributed by atoms with Gasteiger partial charge in [0, 0.05) is 17.8 Å². The maximum absolute atomic E-state index is 10.8. The van der Waals surface area contributed by atoms with E-state index in [1.807, 2.05) is 13.0 Å². The third kappa shape index (κ3) is 2.75. The lowest BCUT2D eigenvalue weighted by atomic mass is 9.97. The Morgan fingerprint density at radius 1 is 1.35 bits per heavy atom. The van der Waals surface area contributed by atoms with Crippen LogP contribution < -0.4 is 5.73 Å². The van der Waals surface area contributed by atoms with Crippen LogP contribution in [0.15, 0.2) is 36.4 Å². The molecule has 5 heteroatoms. The highest BCUT2D eigenvalue weighted by molar-refractivity contribution is 5.56. The summed E-state index contributed by atoms with van der Waals surface area (Å²) in [6.45, 7) is 1.88. The molecule has 0 aliphatic heterocycles. The highest BCUT2D eigenvalue weighted by Gasteiger charge is 2.09. The monoisotopic (exact) mass is 267 g/mol. The Labute approximate surface area is 116 Å². The van der Waals surface area contributed by atoms with Gasteiger partial charge in [0.05, 0.1) is 16.6 Å². The molecule has 0 radical (unpaired) electrons. The van der Waals surface area contributed by atoms with Gasteiger partial charge in [-0.3, -0.25) is 10.1 Å². The van der Waals surface area contributed by atoms with Gasteiger partial charge < -0.3 is 5.73 Å². The Morgan fingerprint density at radius 3 is 2.75 bits per heavy atom. The smallest absolute Gasteiger partial charge is 0.269 e. The van der Waals surface area contributed by atoms with E-state index in [1.54, 1.807) is 18.2 Å². The molecular formula is C15H13N3O2. The summed E-state index contributed by atoms with van der Waals surface area (Å²) in [4.78, 5) is 10.3. The number of nitrogen functional groups attached to an aromatic ring is 1. The maximum atomic E-state index is 10.8. The average Bonchev–Trinajstić information content (AvgIpc) is 2.43. The van der Waals surface area contributed by atoms with Crippen LogP contribution in [0.25, 0.3) is 0 Å². The Kier molecular flexibility index (Phi) is 3.67. The molecule has 20 heavy (non-hydrogen) atoms. The summed E-state index contributed by atoms with van der Waals surface area (Å²) >= 11 is 0. The van der Waals surface area contributed by atoms with Crippen LogP contribution in [0.2, 0.25) is 0 Å². The van der Waals surface area contributed by atoms with Crippen molar-refractivity contribution in [3.8, 4) is 6.07 Å². The molecule has 0 saturated heterocycles. The van der Waals surface area contributed by atoms with Crippen LogP contribution >= 0.6 is 0 Å². The van der Waals surface area contributed by atoms with Gasteiger partial charge in [0.1, 0.15) is 0 Å². The number of hydrogen-bond acceptors (Lipinski definition) is 4. The van der Waals surface area contributed by atoms with Crippen molar-refractivity contribution in [2.75, 3.05) is 5.73 Å². The molecule has 0 unspecified atom stereocenters. The zero-order valence-electron chi connectivity index (χ0n) is 11.0. The van der Waals surface area contributed by atoms with Crippen molar-refractivity contribution >= 4 is 11.4 Å². The fraction of sp³-hybridized carbons (Fsp3) is 0.133. The number of rotatable bonds is 3. The lowest BCUT2D eigenvalue weighted by molar-refractivity contribution is -0.384. The fourth-order valence-corrected chi connectivity index (χ4v) is 2.05. The molecule has 0 aromatic heterocycles. The largest absolute Gasteiger partial charge is 0.398 e. The first-order valence-corrected chi connectivity index (χ1v) is 6.03. The normalized spacial score (nSPS) is 10.0. The van der Waals surface area contributed by atoms with Gasteiger partial charge in [0.15, 0.2) is 0 Å². The molecule has 0 heterocycles. The highest BCUT2D eigenvalue weighted by atomic mass is 16.6. The third-order valence-electron chi connectivity index (χ3n) is 3.20. The van der Waals surface area contributed by atoms with Gasteiger partial charge in [-0.2, -0.15) is 5.26 Å². The Hall–Kier alpha value is -2.87. The van der Waals surface area contributed by atoms with E-state index < -0.39 is 4.92 Å². The van der Waals surface area contributed by atoms with Gasteiger partial charge in [0.2, 0.25) is 0 Å². The van der Waals surface area contributed by atoms with Crippen LogP contribution in [0.4, 0.5) is 11.4 Å². The fourth-order valence-electron chi connectivity index (χ4n) is 2.05. The van der Waals surface area contributed by atoms with Gasteiger partial charge in [-0.05, 0) is 42.2 Å². The number of hydrogen-bond donors (Lipinski definition) is 1. The molecule has 0 spiro atoms. The number of nitro benzene ring substituents is 1. The molecular weight excluding hydrogens is 254 g/mol. The summed E-state index contributed by atoms with van der Waals surface area (Å²) < 4.78 is 0. The third-order valence-corrected chi connectivity index (χ3v) is 3.20. The summed E-state index contributed by atoms with van der Waals surface area (Å²) in [6.07, 6.45) is 0.507. The Morgan fingerprint density at radius 2 is 2.10 bits per heavy atom. The van der Waals surface area contributed by atoms with Gasteiger partial charge in [0.25, 0.3) is 5.69 Å². The van der Waals surface area contributed by atoms with Crippen LogP contribution in [0.3, 0.4) is 0 Å². The van der Waals surface area contributed by atoms with Crippen LogP contribution in [0, 0.1) is 28.4 Å². The van der Waals surface area contributed by atoms with Crippen molar-refractivity contribution in [3.63, 3.8) is 0 Å². The minimum Gasteiger partial charge on any atom is -0.398 e. The topological polar surface area (TPSA) is 93.0 Å². The van der Waals surface area contributed by atoms with E-state index in [0.717, 1.165) is 16.7 Å². The number of nitro groups is 1. The van der Waals surface area contributed by atoms with Crippen LogP contribution in [0.1, 0.15) is 22.3 Å². The van der Waals surface area contributed by atoms with Gasteiger partial charge in [-0.1, -0.05) is 12.1 Å². The molecule has 2 rings (SSSR count). The maximum Gasteiger partial charge on any atom is 0.269 e. The molecule has 100 valence electrons. The van der Waals surface area contributed by atoms with E-state index in [9.17, 15) is 10.1 Å². The van der Waals surface area contributed by atoms with Crippen LogP contribution in [0.5, 0.6) is 0 Å². The van der Waals surface area contributed by atoms with E-state index in [-0.39, 0.29) is 5.69 Å². The summed E-state index contributed by atoms with van der Waals surface area (Å²) in [5.41, 5.74) is 9.60. The Bertz CT molecular complexity index is 718. The number of nitrogens with two attached hydrogens (primary N) is 1. The van der Waals surface area contributed by atoms with E-state index in [0.29, 0.717) is 17.7 Å². The second-order valence-electron chi connectivity index (χ2n) is 4.57. The molecule has 0 saturated carbocycles. The minimum absolute atomic E-state index is 0.0598. The number of nitriles is 1. The zero-order valence-corrected chi connectivity index (χ0v) is 11.0. The van der Waals surface area contributed by atoms with Crippen molar-refractivity contribution in [3.05, 3.63) is 68.8 Å². The second-order valence-corrected chi connectivity index (χ2v) is 4.57. The predicted molar refractivity (Wildman–Crippen MR) is 76.2 cm³/mol. The van der Waals surface area contributed by atoms with Crippen molar-refractivity contribution < 1.29 is 4.92 Å². The van der Waals surface area contributed by atoms with E-state index in [2.05, 4.69) is 6.07 Å². The number of benzene rings is 2. The predicted octanol–water partition coefficient (Wildman–Crippen LogP) is 2.95. The van der Waals surface area contributed by atoms with Crippen molar-refractivity contribution in [2.45, 2.75) is 13.3 Å². The molecule has 0 aliphatic carbocycles. The number of anilines is 1. The molecule has 2 aromatic rings. The quantitative estimate of drug-likeness (QED) is 0.525. The van der Waals surface area contributed by atoms with Crippen molar-refractivity contribution in [1.82, 2.24) is 0 Å².